The highest BCUT2D eigenvalue weighted by molar-refractivity contribution is 5.69. The number of halogens is 3. The molecule has 0 aliphatic heterocycles. The summed E-state index contributed by atoms with van der Waals surface area (Å²) in [5.41, 5.74) is 1.56. The van der Waals surface area contributed by atoms with E-state index in [1.807, 2.05) is 0 Å². The number of nitrogens with zero attached hydrogens (tertiary/aromatic N) is 1. The van der Waals surface area contributed by atoms with Crippen molar-refractivity contribution in [1.82, 2.24) is 4.90 Å². The predicted molar refractivity (Wildman–Crippen MR) is 127 cm³/mol. The second kappa shape index (κ2) is 12.6. The fourth-order valence-electron chi connectivity index (χ4n) is 4.71. The SMILES string of the molecule is CCOC(=O)CC1CCC(N(CC=C(C)C)CCC(C)C)C(c2ccc(C(F)(F)F)cc2)C1. The summed E-state index contributed by atoms with van der Waals surface area (Å²) in [6, 6.07) is 5.88. The average molecular weight is 468 g/mol. The van der Waals surface area contributed by atoms with Crippen LogP contribution in [0.25, 0.3) is 0 Å². The lowest BCUT2D eigenvalue weighted by Gasteiger charge is -2.43. The van der Waals surface area contributed by atoms with Gasteiger partial charge in [-0.05, 0) is 88.4 Å². The predicted octanol–water partition coefficient (Wildman–Crippen LogP) is 7.23. The molecule has 33 heavy (non-hydrogen) atoms. The lowest BCUT2D eigenvalue weighted by atomic mass is 9.73. The molecule has 0 aromatic heterocycles. The van der Waals surface area contributed by atoms with Crippen LogP contribution in [0.15, 0.2) is 35.9 Å². The maximum Gasteiger partial charge on any atom is 0.416 e. The van der Waals surface area contributed by atoms with Crippen molar-refractivity contribution >= 4 is 5.97 Å². The molecule has 1 aromatic rings. The topological polar surface area (TPSA) is 29.5 Å². The molecule has 0 bridgehead atoms. The highest BCUT2D eigenvalue weighted by atomic mass is 19.4. The third-order valence-corrected chi connectivity index (χ3v) is 6.55. The molecule has 0 radical (unpaired) electrons. The Morgan fingerprint density at radius 1 is 1.18 bits per heavy atom. The van der Waals surface area contributed by atoms with Crippen LogP contribution in [0.2, 0.25) is 0 Å². The van der Waals surface area contributed by atoms with Gasteiger partial charge in [0.1, 0.15) is 0 Å². The molecule has 0 spiro atoms. The molecule has 186 valence electrons. The molecule has 1 aliphatic carbocycles. The number of hydrogen-bond donors (Lipinski definition) is 0. The van der Waals surface area contributed by atoms with Crippen LogP contribution in [-0.2, 0) is 15.7 Å². The first-order valence-corrected chi connectivity index (χ1v) is 12.2. The van der Waals surface area contributed by atoms with Gasteiger partial charge in [-0.25, -0.2) is 0 Å². The number of benzene rings is 1. The maximum absolute atomic E-state index is 13.1. The molecule has 2 rings (SSSR count). The Morgan fingerprint density at radius 3 is 2.39 bits per heavy atom. The molecule has 3 nitrogen and oxygen atoms in total. The van der Waals surface area contributed by atoms with Crippen LogP contribution in [0.4, 0.5) is 13.2 Å². The van der Waals surface area contributed by atoms with Crippen LogP contribution in [0, 0.1) is 11.8 Å². The van der Waals surface area contributed by atoms with Gasteiger partial charge in [-0.1, -0.05) is 37.6 Å². The number of carbonyl (C=O) groups is 1. The summed E-state index contributed by atoms with van der Waals surface area (Å²) in [4.78, 5) is 14.6. The Balaban J connectivity index is 2.32. The first kappa shape index (κ1) is 27.4. The molecule has 1 saturated carbocycles. The van der Waals surface area contributed by atoms with E-state index in [1.54, 1.807) is 19.1 Å². The van der Waals surface area contributed by atoms with Gasteiger partial charge >= 0.3 is 12.1 Å². The summed E-state index contributed by atoms with van der Waals surface area (Å²) < 4.78 is 44.6. The largest absolute Gasteiger partial charge is 0.466 e. The summed E-state index contributed by atoms with van der Waals surface area (Å²) in [5, 5.41) is 0. The third kappa shape index (κ3) is 8.80. The summed E-state index contributed by atoms with van der Waals surface area (Å²) in [6.07, 6.45) is 1.95. The van der Waals surface area contributed by atoms with E-state index in [1.165, 1.54) is 17.7 Å². The Labute approximate surface area is 197 Å². The molecule has 3 atom stereocenters. The molecular weight excluding hydrogens is 427 g/mol. The average Bonchev–Trinajstić information content (AvgIpc) is 2.73. The minimum atomic E-state index is -4.34. The minimum Gasteiger partial charge on any atom is -0.466 e. The van der Waals surface area contributed by atoms with Crippen LogP contribution in [0.5, 0.6) is 0 Å². The molecule has 0 saturated heterocycles. The fraction of sp³-hybridized carbons (Fsp3) is 0.667. The van der Waals surface area contributed by atoms with Crippen LogP contribution >= 0.6 is 0 Å². The van der Waals surface area contributed by atoms with Gasteiger partial charge in [0.2, 0.25) is 0 Å². The zero-order valence-electron chi connectivity index (χ0n) is 20.8. The maximum atomic E-state index is 13.1. The van der Waals surface area contributed by atoms with Crippen molar-refractivity contribution in [2.24, 2.45) is 11.8 Å². The van der Waals surface area contributed by atoms with Gasteiger partial charge in [0, 0.05) is 19.0 Å². The first-order valence-electron chi connectivity index (χ1n) is 12.2. The quantitative estimate of drug-likeness (QED) is 0.269. The normalized spacial score (nSPS) is 21.3. The number of ether oxygens (including phenoxy) is 1. The molecule has 3 unspecified atom stereocenters. The molecule has 1 aliphatic rings. The van der Waals surface area contributed by atoms with Crippen molar-refractivity contribution in [3.05, 3.63) is 47.0 Å². The summed E-state index contributed by atoms with van der Waals surface area (Å²) in [7, 11) is 0. The monoisotopic (exact) mass is 467 g/mol. The molecule has 1 fully saturated rings. The first-order chi connectivity index (χ1) is 15.5. The Morgan fingerprint density at radius 2 is 1.85 bits per heavy atom. The van der Waals surface area contributed by atoms with Crippen LogP contribution in [-0.4, -0.2) is 36.6 Å². The van der Waals surface area contributed by atoms with E-state index in [0.717, 1.165) is 44.3 Å². The molecule has 0 heterocycles. The zero-order valence-corrected chi connectivity index (χ0v) is 20.8. The van der Waals surface area contributed by atoms with Crippen molar-refractivity contribution in [2.75, 3.05) is 19.7 Å². The zero-order chi connectivity index (χ0) is 24.6. The van der Waals surface area contributed by atoms with Gasteiger partial charge in [-0.15, -0.1) is 0 Å². The van der Waals surface area contributed by atoms with Crippen molar-refractivity contribution in [1.29, 1.82) is 0 Å². The molecule has 6 heteroatoms. The second-order valence-electron chi connectivity index (χ2n) is 9.94. The fourth-order valence-corrected chi connectivity index (χ4v) is 4.71. The lowest BCUT2D eigenvalue weighted by Crippen LogP contribution is -2.44. The van der Waals surface area contributed by atoms with Crippen LogP contribution in [0.1, 0.15) is 83.8 Å². The lowest BCUT2D eigenvalue weighted by molar-refractivity contribution is -0.144. The van der Waals surface area contributed by atoms with Gasteiger partial charge in [0.05, 0.1) is 12.2 Å². The van der Waals surface area contributed by atoms with Gasteiger partial charge in [0.25, 0.3) is 0 Å². The van der Waals surface area contributed by atoms with Crippen molar-refractivity contribution in [2.45, 2.75) is 84.9 Å². The summed E-state index contributed by atoms with van der Waals surface area (Å²) in [6.45, 7) is 12.5. The van der Waals surface area contributed by atoms with E-state index >= 15 is 0 Å². The Hall–Kier alpha value is -1.82. The second-order valence-corrected chi connectivity index (χ2v) is 9.94. The van der Waals surface area contributed by atoms with Gasteiger partial charge in [-0.2, -0.15) is 13.2 Å². The standard InChI is InChI=1S/C27H40F3NO2/c1-6-33-26(32)18-21-7-12-25(31(15-13-19(2)3)16-14-20(4)5)24(17-21)22-8-10-23(11-9-22)27(28,29)30/h8-11,13,20-21,24-25H,6-7,12,14-18H2,1-5H3. The summed E-state index contributed by atoms with van der Waals surface area (Å²) in [5.74, 6) is 0.651. The Bertz CT molecular complexity index is 767. The summed E-state index contributed by atoms with van der Waals surface area (Å²) >= 11 is 0. The van der Waals surface area contributed by atoms with Gasteiger partial charge in [0.15, 0.2) is 0 Å². The number of alkyl halides is 3. The van der Waals surface area contributed by atoms with E-state index in [9.17, 15) is 18.0 Å². The van der Waals surface area contributed by atoms with E-state index in [4.69, 9.17) is 4.74 Å². The minimum absolute atomic E-state index is 0.0817. The van der Waals surface area contributed by atoms with E-state index in [2.05, 4.69) is 38.7 Å². The van der Waals surface area contributed by atoms with Crippen LogP contribution < -0.4 is 0 Å². The molecule has 0 N–H and O–H groups in total. The highest BCUT2D eigenvalue weighted by Gasteiger charge is 2.36. The van der Waals surface area contributed by atoms with Crippen molar-refractivity contribution < 1.29 is 22.7 Å². The van der Waals surface area contributed by atoms with Crippen molar-refractivity contribution in [3.8, 4) is 0 Å². The number of esters is 1. The van der Waals surface area contributed by atoms with E-state index in [-0.39, 0.29) is 23.8 Å². The molecule has 0 amide bonds. The van der Waals surface area contributed by atoms with E-state index < -0.39 is 11.7 Å². The third-order valence-electron chi connectivity index (χ3n) is 6.55. The van der Waals surface area contributed by atoms with Crippen molar-refractivity contribution in [3.63, 3.8) is 0 Å². The highest BCUT2D eigenvalue weighted by Crippen LogP contribution is 2.41. The van der Waals surface area contributed by atoms with Gasteiger partial charge in [-0.3, -0.25) is 9.69 Å². The van der Waals surface area contributed by atoms with E-state index in [0.29, 0.717) is 18.9 Å². The van der Waals surface area contributed by atoms with Gasteiger partial charge < -0.3 is 4.74 Å². The number of rotatable bonds is 10. The smallest absolute Gasteiger partial charge is 0.416 e. The number of hydrogen-bond acceptors (Lipinski definition) is 3. The molecule has 1 aromatic carbocycles. The molecular formula is C27H40F3NO2. The van der Waals surface area contributed by atoms with Crippen LogP contribution in [0.3, 0.4) is 0 Å². The number of allylic oxidation sites excluding steroid dienone is 1. The number of carbonyl (C=O) groups excluding carboxylic acids is 1. The Kier molecular flexibility index (Phi) is 10.5.